The lowest BCUT2D eigenvalue weighted by Crippen LogP contribution is -2.31. The van der Waals surface area contributed by atoms with Gasteiger partial charge in [-0.25, -0.2) is 9.97 Å². The minimum absolute atomic E-state index is 0.0738. The maximum absolute atomic E-state index is 12.4. The maximum Gasteiger partial charge on any atom is 0.251 e. The number of carbonyl (C=O) groups excluding carboxylic acids is 1. The van der Waals surface area contributed by atoms with E-state index in [-0.39, 0.29) is 5.91 Å². The highest BCUT2D eigenvalue weighted by Crippen LogP contribution is 2.27. The molecule has 0 spiro atoms. The summed E-state index contributed by atoms with van der Waals surface area (Å²) in [6.45, 7) is 1.42. The van der Waals surface area contributed by atoms with Gasteiger partial charge in [0, 0.05) is 36.1 Å². The summed E-state index contributed by atoms with van der Waals surface area (Å²) < 4.78 is 2.03. The molecule has 0 aliphatic rings. The van der Waals surface area contributed by atoms with Gasteiger partial charge < -0.3 is 10.2 Å². The number of hydrogen-bond donors (Lipinski definition) is 1. The number of fused-ring (bicyclic) bond motifs is 1. The second-order valence-corrected chi connectivity index (χ2v) is 7.09. The van der Waals surface area contributed by atoms with Crippen molar-refractivity contribution in [1.82, 2.24) is 24.8 Å². The first kappa shape index (κ1) is 18.8. The quantitative estimate of drug-likeness (QED) is 0.553. The Labute approximate surface area is 169 Å². The standard InChI is InChI=1S/C23H23N5O/c1-27(2)16-15-25-23(29)18-10-12-19(13-11-18)28-21(17-7-4-3-5-8-17)26-20-9-6-14-24-22(20)28/h3-14H,15-16H2,1-2H3,(H,25,29). The van der Waals surface area contributed by atoms with Crippen LogP contribution in [0.15, 0.2) is 72.9 Å². The molecule has 0 radical (unpaired) electrons. The van der Waals surface area contributed by atoms with E-state index < -0.39 is 0 Å². The first-order valence-electron chi connectivity index (χ1n) is 9.56. The van der Waals surface area contributed by atoms with Gasteiger partial charge in [-0.2, -0.15) is 0 Å². The summed E-state index contributed by atoms with van der Waals surface area (Å²) >= 11 is 0. The lowest BCUT2D eigenvalue weighted by atomic mass is 10.1. The molecular weight excluding hydrogens is 362 g/mol. The number of amides is 1. The van der Waals surface area contributed by atoms with Gasteiger partial charge in [0.15, 0.2) is 5.65 Å². The molecule has 0 aliphatic heterocycles. The van der Waals surface area contributed by atoms with E-state index in [1.807, 2.05) is 90.3 Å². The average molecular weight is 385 g/mol. The number of benzene rings is 2. The van der Waals surface area contributed by atoms with Crippen molar-refractivity contribution in [2.75, 3.05) is 27.2 Å². The Morgan fingerprint density at radius 1 is 1.00 bits per heavy atom. The van der Waals surface area contributed by atoms with Crippen LogP contribution >= 0.6 is 0 Å². The van der Waals surface area contributed by atoms with Gasteiger partial charge in [-0.1, -0.05) is 30.3 Å². The van der Waals surface area contributed by atoms with Crippen LogP contribution in [0, 0.1) is 0 Å². The highest BCUT2D eigenvalue weighted by Gasteiger charge is 2.15. The summed E-state index contributed by atoms with van der Waals surface area (Å²) in [5.41, 5.74) is 4.17. The second kappa shape index (κ2) is 8.24. The predicted molar refractivity (Wildman–Crippen MR) is 115 cm³/mol. The summed E-state index contributed by atoms with van der Waals surface area (Å²) in [4.78, 5) is 23.7. The molecule has 0 aliphatic carbocycles. The molecule has 0 unspecified atom stereocenters. The van der Waals surface area contributed by atoms with Crippen LogP contribution in [0.5, 0.6) is 0 Å². The van der Waals surface area contributed by atoms with Crippen LogP contribution in [-0.2, 0) is 0 Å². The highest BCUT2D eigenvalue weighted by atomic mass is 16.1. The number of pyridine rings is 1. The predicted octanol–water partition coefficient (Wildman–Crippen LogP) is 3.38. The minimum atomic E-state index is -0.0738. The number of rotatable bonds is 6. The molecule has 4 rings (SSSR count). The van der Waals surface area contributed by atoms with Crippen molar-refractivity contribution in [3.63, 3.8) is 0 Å². The third kappa shape index (κ3) is 4.02. The molecule has 6 heteroatoms. The number of likely N-dealkylation sites (N-methyl/N-ethyl adjacent to an activating group) is 1. The Hall–Kier alpha value is -3.51. The lowest BCUT2D eigenvalue weighted by molar-refractivity contribution is 0.0951. The molecule has 0 saturated carbocycles. The van der Waals surface area contributed by atoms with Crippen LogP contribution in [0.2, 0.25) is 0 Å². The van der Waals surface area contributed by atoms with Crippen molar-refractivity contribution in [2.45, 2.75) is 0 Å². The summed E-state index contributed by atoms with van der Waals surface area (Å²) in [7, 11) is 3.96. The molecule has 6 nitrogen and oxygen atoms in total. The maximum atomic E-state index is 12.4. The van der Waals surface area contributed by atoms with Crippen LogP contribution in [0.4, 0.5) is 0 Å². The van der Waals surface area contributed by atoms with Gasteiger partial charge in [-0.05, 0) is 50.5 Å². The zero-order valence-electron chi connectivity index (χ0n) is 16.5. The second-order valence-electron chi connectivity index (χ2n) is 7.09. The van der Waals surface area contributed by atoms with E-state index in [4.69, 9.17) is 4.98 Å². The van der Waals surface area contributed by atoms with E-state index >= 15 is 0 Å². The van der Waals surface area contributed by atoms with Crippen molar-refractivity contribution in [1.29, 1.82) is 0 Å². The van der Waals surface area contributed by atoms with Crippen molar-refractivity contribution >= 4 is 17.1 Å². The van der Waals surface area contributed by atoms with Crippen LogP contribution in [0.25, 0.3) is 28.2 Å². The Kier molecular flexibility index (Phi) is 5.35. The van der Waals surface area contributed by atoms with E-state index in [2.05, 4.69) is 10.3 Å². The van der Waals surface area contributed by atoms with Gasteiger partial charge in [-0.3, -0.25) is 9.36 Å². The molecule has 4 aromatic rings. The van der Waals surface area contributed by atoms with Crippen LogP contribution in [-0.4, -0.2) is 52.5 Å². The topological polar surface area (TPSA) is 63.1 Å². The number of imidazole rings is 1. The van der Waals surface area contributed by atoms with Crippen molar-refractivity contribution in [3.05, 3.63) is 78.5 Å². The third-order valence-corrected chi connectivity index (χ3v) is 4.68. The Morgan fingerprint density at radius 3 is 2.48 bits per heavy atom. The first-order valence-corrected chi connectivity index (χ1v) is 9.56. The number of aromatic nitrogens is 3. The molecule has 1 amide bonds. The van der Waals surface area contributed by atoms with Gasteiger partial charge in [0.1, 0.15) is 11.3 Å². The first-order chi connectivity index (χ1) is 14.1. The molecule has 0 bridgehead atoms. The van der Waals surface area contributed by atoms with Crippen molar-refractivity contribution < 1.29 is 4.79 Å². The highest BCUT2D eigenvalue weighted by molar-refractivity contribution is 5.94. The van der Waals surface area contributed by atoms with Gasteiger partial charge in [0.05, 0.1) is 0 Å². The van der Waals surface area contributed by atoms with E-state index in [1.54, 1.807) is 6.20 Å². The fourth-order valence-corrected chi connectivity index (χ4v) is 3.19. The summed E-state index contributed by atoms with van der Waals surface area (Å²) in [6.07, 6.45) is 1.77. The number of hydrogen-bond acceptors (Lipinski definition) is 4. The van der Waals surface area contributed by atoms with E-state index in [9.17, 15) is 4.79 Å². The Morgan fingerprint density at radius 2 is 1.76 bits per heavy atom. The smallest absolute Gasteiger partial charge is 0.251 e. The summed E-state index contributed by atoms with van der Waals surface area (Å²) in [5, 5.41) is 2.94. The number of nitrogens with zero attached hydrogens (tertiary/aromatic N) is 4. The van der Waals surface area contributed by atoms with Crippen LogP contribution in [0.1, 0.15) is 10.4 Å². The Bertz CT molecular complexity index is 1120. The van der Waals surface area contributed by atoms with Crippen LogP contribution in [0.3, 0.4) is 0 Å². The molecule has 1 N–H and O–H groups in total. The molecule has 29 heavy (non-hydrogen) atoms. The van der Waals surface area contributed by atoms with Crippen LogP contribution < -0.4 is 5.32 Å². The molecule has 2 aromatic heterocycles. The number of nitrogens with one attached hydrogen (secondary N) is 1. The van der Waals surface area contributed by atoms with E-state index in [0.717, 1.165) is 34.8 Å². The lowest BCUT2D eigenvalue weighted by Gasteiger charge is -2.12. The Balaban J connectivity index is 1.69. The largest absolute Gasteiger partial charge is 0.351 e. The summed E-state index contributed by atoms with van der Waals surface area (Å²) in [6, 6.07) is 21.4. The van der Waals surface area contributed by atoms with E-state index in [1.165, 1.54) is 0 Å². The molecule has 2 aromatic carbocycles. The van der Waals surface area contributed by atoms with Crippen molar-refractivity contribution in [3.8, 4) is 17.1 Å². The fraction of sp³-hybridized carbons (Fsp3) is 0.174. The zero-order chi connectivity index (χ0) is 20.2. The third-order valence-electron chi connectivity index (χ3n) is 4.68. The van der Waals surface area contributed by atoms with Gasteiger partial charge >= 0.3 is 0 Å². The normalized spacial score (nSPS) is 11.1. The monoisotopic (exact) mass is 385 g/mol. The minimum Gasteiger partial charge on any atom is -0.351 e. The van der Waals surface area contributed by atoms with Gasteiger partial charge in [-0.15, -0.1) is 0 Å². The summed E-state index contributed by atoms with van der Waals surface area (Å²) in [5.74, 6) is 0.748. The number of carbonyl (C=O) groups is 1. The van der Waals surface area contributed by atoms with Gasteiger partial charge in [0.25, 0.3) is 5.91 Å². The zero-order valence-corrected chi connectivity index (χ0v) is 16.5. The van der Waals surface area contributed by atoms with E-state index in [0.29, 0.717) is 12.1 Å². The van der Waals surface area contributed by atoms with Gasteiger partial charge in [0.2, 0.25) is 0 Å². The molecule has 0 atom stereocenters. The molecular formula is C23H23N5O. The molecule has 0 fully saturated rings. The fourth-order valence-electron chi connectivity index (χ4n) is 3.19. The molecule has 146 valence electrons. The molecule has 2 heterocycles. The molecule has 0 saturated heterocycles. The average Bonchev–Trinajstić information content (AvgIpc) is 3.14. The van der Waals surface area contributed by atoms with Crippen molar-refractivity contribution in [2.24, 2.45) is 0 Å². The SMILES string of the molecule is CN(C)CCNC(=O)c1ccc(-n2c(-c3ccccc3)nc3cccnc32)cc1.